The van der Waals surface area contributed by atoms with Crippen LogP contribution >= 0.6 is 11.8 Å². The molecule has 7 heteroatoms. The number of likely N-dealkylation sites (tertiary alicyclic amines) is 1. The molecule has 1 rings (SSSR count). The molecule has 3 N–H and O–H groups in total. The van der Waals surface area contributed by atoms with Gasteiger partial charge in [-0.15, -0.1) is 0 Å². The largest absolute Gasteiger partial charge is 0.342 e. The lowest BCUT2D eigenvalue weighted by molar-refractivity contribution is -0.138. The molecule has 1 aliphatic rings. The van der Waals surface area contributed by atoms with Crippen LogP contribution in [0.4, 0.5) is 0 Å². The van der Waals surface area contributed by atoms with E-state index in [-0.39, 0.29) is 24.1 Å². The van der Waals surface area contributed by atoms with Gasteiger partial charge in [-0.2, -0.15) is 11.8 Å². The zero-order valence-electron chi connectivity index (χ0n) is 9.93. The molecule has 2 atom stereocenters. The fraction of sp³-hybridized carbons (Fsp3) is 0.700. The number of nitrogens with two attached hydrogens (primary N) is 1. The maximum Gasteiger partial charge on any atom is 0.252 e. The number of thioether (sulfide) groups is 1. The van der Waals surface area contributed by atoms with Crippen LogP contribution in [0.3, 0.4) is 0 Å². The average molecular weight is 259 g/mol. The lowest BCUT2D eigenvalue weighted by atomic mass is 10.2. The van der Waals surface area contributed by atoms with Crippen LogP contribution in [0.5, 0.6) is 0 Å². The summed E-state index contributed by atoms with van der Waals surface area (Å²) in [5.74, 6) is -0.245. The van der Waals surface area contributed by atoms with Crippen LogP contribution in [0.15, 0.2) is 0 Å². The molecule has 0 radical (unpaired) electrons. The summed E-state index contributed by atoms with van der Waals surface area (Å²) in [6.07, 6.45) is 2.51. The van der Waals surface area contributed by atoms with Crippen molar-refractivity contribution in [2.75, 3.05) is 19.1 Å². The van der Waals surface area contributed by atoms with E-state index in [4.69, 9.17) is 5.73 Å². The normalized spacial score (nSPS) is 21.8. The molecule has 0 aromatic heterocycles. The Morgan fingerprint density at radius 1 is 1.65 bits per heavy atom. The highest BCUT2D eigenvalue weighted by Crippen LogP contribution is 2.10. The molecule has 1 fully saturated rings. The van der Waals surface area contributed by atoms with Gasteiger partial charge in [-0.25, -0.2) is 0 Å². The van der Waals surface area contributed by atoms with E-state index in [1.54, 1.807) is 11.8 Å². The summed E-state index contributed by atoms with van der Waals surface area (Å²) in [7, 11) is 1.41. The van der Waals surface area contributed by atoms with E-state index in [9.17, 15) is 14.4 Å². The summed E-state index contributed by atoms with van der Waals surface area (Å²) in [5, 5.41) is 2.51. The Hall–Kier alpha value is -1.08. The van der Waals surface area contributed by atoms with Gasteiger partial charge < -0.3 is 11.1 Å². The van der Waals surface area contributed by atoms with Crippen LogP contribution in [-0.2, 0) is 14.4 Å². The van der Waals surface area contributed by atoms with Gasteiger partial charge in [0.05, 0.1) is 12.5 Å². The molecular formula is C10H17N3O3S. The van der Waals surface area contributed by atoms with Crippen LogP contribution in [0.2, 0.25) is 0 Å². The number of amides is 3. The summed E-state index contributed by atoms with van der Waals surface area (Å²) >= 11 is 1.60. The Morgan fingerprint density at radius 3 is 2.76 bits per heavy atom. The number of likely N-dealkylation sites (N-methyl/N-ethyl adjacent to an activating group) is 1. The molecule has 0 saturated carbocycles. The Kier molecular flexibility index (Phi) is 4.95. The van der Waals surface area contributed by atoms with Crippen molar-refractivity contribution in [1.29, 1.82) is 0 Å². The van der Waals surface area contributed by atoms with E-state index in [2.05, 4.69) is 5.32 Å². The van der Waals surface area contributed by atoms with Crippen molar-refractivity contribution in [3.05, 3.63) is 0 Å². The number of carbonyl (C=O) groups excluding carboxylic acids is 3. The van der Waals surface area contributed by atoms with Gasteiger partial charge >= 0.3 is 0 Å². The number of carbonyl (C=O) groups is 3. The summed E-state index contributed by atoms with van der Waals surface area (Å²) < 4.78 is 0. The van der Waals surface area contributed by atoms with Gasteiger partial charge in [-0.3, -0.25) is 19.3 Å². The minimum Gasteiger partial charge on any atom is -0.342 e. The van der Waals surface area contributed by atoms with Gasteiger partial charge in [0.2, 0.25) is 11.8 Å². The molecular weight excluding hydrogens is 242 g/mol. The van der Waals surface area contributed by atoms with Crippen LogP contribution in [-0.4, -0.2) is 53.8 Å². The van der Waals surface area contributed by atoms with Gasteiger partial charge in [0, 0.05) is 7.05 Å². The smallest absolute Gasteiger partial charge is 0.252 e. The van der Waals surface area contributed by atoms with Gasteiger partial charge in [0.1, 0.15) is 6.04 Å². The number of hydrogen-bond donors (Lipinski definition) is 2. The Labute approximate surface area is 104 Å². The predicted octanol–water partition coefficient (Wildman–Crippen LogP) is -1.06. The monoisotopic (exact) mass is 259 g/mol. The van der Waals surface area contributed by atoms with Gasteiger partial charge in [0.15, 0.2) is 0 Å². The molecule has 6 nitrogen and oxygen atoms in total. The number of imide groups is 1. The molecule has 0 bridgehead atoms. The van der Waals surface area contributed by atoms with Crippen LogP contribution < -0.4 is 11.1 Å². The van der Waals surface area contributed by atoms with Gasteiger partial charge in [0.25, 0.3) is 5.91 Å². The van der Waals surface area contributed by atoms with E-state index in [0.717, 1.165) is 10.7 Å². The van der Waals surface area contributed by atoms with Gasteiger partial charge in [-0.05, 0) is 18.4 Å². The molecule has 1 heterocycles. The number of hydrogen-bond acceptors (Lipinski definition) is 5. The third-order valence-corrected chi connectivity index (χ3v) is 3.31. The molecule has 3 amide bonds. The second kappa shape index (κ2) is 6.02. The molecule has 0 spiro atoms. The summed E-state index contributed by atoms with van der Waals surface area (Å²) in [5.41, 5.74) is 5.66. The first-order chi connectivity index (χ1) is 7.97. The molecule has 1 unspecified atom stereocenters. The first kappa shape index (κ1) is 14.0. The second-order valence-electron chi connectivity index (χ2n) is 3.94. The first-order valence-electron chi connectivity index (χ1n) is 5.32. The summed E-state index contributed by atoms with van der Waals surface area (Å²) in [6.45, 7) is 0. The maximum absolute atomic E-state index is 11.6. The van der Waals surface area contributed by atoms with Crippen molar-refractivity contribution in [3.63, 3.8) is 0 Å². The lowest BCUT2D eigenvalue weighted by Gasteiger charge is -2.15. The van der Waals surface area contributed by atoms with Crippen LogP contribution in [0.1, 0.15) is 12.8 Å². The SMILES string of the molecule is CSCC[C@@H](N)C(=O)NC1CC(=O)N(C)C1=O. The zero-order valence-corrected chi connectivity index (χ0v) is 10.8. The van der Waals surface area contributed by atoms with E-state index in [1.165, 1.54) is 7.05 Å². The minimum absolute atomic E-state index is 0.0241. The highest BCUT2D eigenvalue weighted by Gasteiger charge is 2.37. The predicted molar refractivity (Wildman–Crippen MR) is 65.3 cm³/mol. The summed E-state index contributed by atoms with van der Waals surface area (Å²) in [6, 6.07) is -1.38. The highest BCUT2D eigenvalue weighted by atomic mass is 32.2. The first-order valence-corrected chi connectivity index (χ1v) is 6.72. The van der Waals surface area contributed by atoms with Crippen molar-refractivity contribution in [2.45, 2.75) is 24.9 Å². The minimum atomic E-state index is -0.750. The number of rotatable bonds is 5. The Bertz CT molecular complexity index is 335. The standard InChI is InChI=1S/C10H17N3O3S/c1-13-8(14)5-7(10(13)16)12-9(15)6(11)3-4-17-2/h6-7H,3-5,11H2,1-2H3,(H,12,15)/t6-,7?/m1/s1. The van der Waals surface area contributed by atoms with E-state index < -0.39 is 12.1 Å². The van der Waals surface area contributed by atoms with E-state index in [0.29, 0.717) is 6.42 Å². The van der Waals surface area contributed by atoms with Crippen molar-refractivity contribution in [3.8, 4) is 0 Å². The van der Waals surface area contributed by atoms with Crippen LogP contribution in [0.25, 0.3) is 0 Å². The Balaban J connectivity index is 2.47. The second-order valence-corrected chi connectivity index (χ2v) is 4.93. The van der Waals surface area contributed by atoms with Crippen molar-refractivity contribution in [2.24, 2.45) is 5.73 Å². The highest BCUT2D eigenvalue weighted by molar-refractivity contribution is 7.98. The maximum atomic E-state index is 11.6. The van der Waals surface area contributed by atoms with Crippen molar-refractivity contribution < 1.29 is 14.4 Å². The Morgan fingerprint density at radius 2 is 2.29 bits per heavy atom. The van der Waals surface area contributed by atoms with E-state index >= 15 is 0 Å². The molecule has 0 aliphatic carbocycles. The average Bonchev–Trinajstić information content (AvgIpc) is 2.54. The summed E-state index contributed by atoms with van der Waals surface area (Å²) in [4.78, 5) is 35.4. The van der Waals surface area contributed by atoms with Gasteiger partial charge in [-0.1, -0.05) is 0 Å². The molecule has 0 aromatic rings. The van der Waals surface area contributed by atoms with Crippen molar-refractivity contribution in [1.82, 2.24) is 10.2 Å². The fourth-order valence-corrected chi connectivity index (χ4v) is 2.01. The number of nitrogens with zero attached hydrogens (tertiary/aromatic N) is 1. The third-order valence-electron chi connectivity index (χ3n) is 2.67. The molecule has 1 saturated heterocycles. The van der Waals surface area contributed by atoms with Crippen molar-refractivity contribution >= 4 is 29.5 Å². The molecule has 17 heavy (non-hydrogen) atoms. The van der Waals surface area contributed by atoms with Crippen LogP contribution in [0, 0.1) is 0 Å². The molecule has 1 aliphatic heterocycles. The number of nitrogens with one attached hydrogen (secondary N) is 1. The third kappa shape index (κ3) is 3.44. The molecule has 96 valence electrons. The lowest BCUT2D eigenvalue weighted by Crippen LogP contribution is -2.48. The topological polar surface area (TPSA) is 92.5 Å². The quantitative estimate of drug-likeness (QED) is 0.614. The fourth-order valence-electron chi connectivity index (χ4n) is 1.52. The zero-order chi connectivity index (χ0) is 13.0. The van der Waals surface area contributed by atoms with E-state index in [1.807, 2.05) is 6.26 Å². The molecule has 0 aromatic carbocycles.